The first kappa shape index (κ1) is 15.2. The van der Waals surface area contributed by atoms with E-state index in [0.29, 0.717) is 12.5 Å². The number of hydrogen-bond donors (Lipinski definition) is 0. The molecule has 0 bridgehead atoms. The Balaban J connectivity index is 2.06. The van der Waals surface area contributed by atoms with Gasteiger partial charge in [0.1, 0.15) is 6.29 Å². The van der Waals surface area contributed by atoms with Crippen LogP contribution in [0.4, 0.5) is 0 Å². The predicted molar refractivity (Wildman–Crippen MR) is 81.8 cm³/mol. The van der Waals surface area contributed by atoms with Crippen molar-refractivity contribution in [3.63, 3.8) is 0 Å². The molecule has 1 spiro atoms. The first-order valence-corrected chi connectivity index (χ1v) is 8.39. The lowest BCUT2D eigenvalue weighted by molar-refractivity contribution is -0.169. The van der Waals surface area contributed by atoms with Crippen molar-refractivity contribution in [3.05, 3.63) is 12.2 Å². The highest BCUT2D eigenvalue weighted by molar-refractivity contribution is 5.62. The molecule has 1 saturated heterocycles. The van der Waals surface area contributed by atoms with Crippen molar-refractivity contribution in [2.75, 3.05) is 6.61 Å². The van der Waals surface area contributed by atoms with E-state index in [1.807, 2.05) is 6.92 Å². The Morgan fingerprint density at radius 2 is 2.24 bits per heavy atom. The van der Waals surface area contributed by atoms with Crippen molar-refractivity contribution in [1.29, 1.82) is 0 Å². The van der Waals surface area contributed by atoms with E-state index in [-0.39, 0.29) is 29.1 Å². The molecule has 3 rings (SSSR count). The van der Waals surface area contributed by atoms with Crippen molar-refractivity contribution >= 4 is 6.29 Å². The van der Waals surface area contributed by atoms with Crippen LogP contribution in [0.15, 0.2) is 12.2 Å². The van der Waals surface area contributed by atoms with Crippen LogP contribution in [0.1, 0.15) is 52.9 Å². The van der Waals surface area contributed by atoms with Gasteiger partial charge >= 0.3 is 0 Å². The van der Waals surface area contributed by atoms with Crippen LogP contribution >= 0.6 is 0 Å². The normalized spacial score (nSPS) is 49.6. The molecule has 0 aromatic rings. The zero-order valence-corrected chi connectivity index (χ0v) is 13.6. The largest absolute Gasteiger partial charge is 0.353 e. The average Bonchev–Trinajstić information content (AvgIpc) is 2.81. The number of allylic oxidation sites excluding steroid dienone is 1. The van der Waals surface area contributed by atoms with Gasteiger partial charge in [0.15, 0.2) is 6.29 Å². The maximum Gasteiger partial charge on any atom is 0.158 e. The van der Waals surface area contributed by atoms with Crippen LogP contribution < -0.4 is 0 Å². The maximum atomic E-state index is 11.9. The van der Waals surface area contributed by atoms with Crippen LogP contribution in [0.2, 0.25) is 0 Å². The summed E-state index contributed by atoms with van der Waals surface area (Å²) in [5.74, 6) is 0.544. The van der Waals surface area contributed by atoms with E-state index >= 15 is 0 Å². The summed E-state index contributed by atoms with van der Waals surface area (Å²) in [7, 11) is 0. The fourth-order valence-corrected chi connectivity index (χ4v) is 5.47. The number of rotatable bonds is 3. The molecule has 4 unspecified atom stereocenters. The molecule has 0 aromatic heterocycles. The third kappa shape index (κ3) is 1.90. The molecule has 6 atom stereocenters. The van der Waals surface area contributed by atoms with E-state index in [0.717, 1.165) is 37.5 Å². The minimum atomic E-state index is -0.155. The van der Waals surface area contributed by atoms with Gasteiger partial charge in [-0.1, -0.05) is 26.0 Å². The van der Waals surface area contributed by atoms with E-state index in [9.17, 15) is 4.79 Å². The zero-order chi connectivity index (χ0) is 15.3. The predicted octanol–water partition coefficient (Wildman–Crippen LogP) is 3.73. The number of aldehydes is 1. The summed E-state index contributed by atoms with van der Waals surface area (Å²) in [6, 6.07) is 0. The van der Waals surface area contributed by atoms with Crippen LogP contribution in [-0.4, -0.2) is 25.3 Å². The van der Waals surface area contributed by atoms with Crippen LogP contribution in [0.25, 0.3) is 0 Å². The summed E-state index contributed by atoms with van der Waals surface area (Å²) in [6.07, 6.45) is 6.28. The summed E-state index contributed by atoms with van der Waals surface area (Å²) < 4.78 is 12.0. The highest BCUT2D eigenvalue weighted by Crippen LogP contribution is 2.68. The standard InChI is InChI=1S/C18H28O3/c1-5-20-16-10-18-14(11-19)12(2)8-9-17(18,4)13(3)6-7-15(18)21-16/h11,13-16H,2,5-10H2,1,3-4H3/t13?,14-,15?,16-,17?,18?/m1/s1. The van der Waals surface area contributed by atoms with Gasteiger partial charge in [0.2, 0.25) is 0 Å². The van der Waals surface area contributed by atoms with E-state index in [2.05, 4.69) is 20.4 Å². The van der Waals surface area contributed by atoms with Gasteiger partial charge in [0.25, 0.3) is 0 Å². The molecule has 118 valence electrons. The zero-order valence-electron chi connectivity index (χ0n) is 13.6. The highest BCUT2D eigenvalue weighted by atomic mass is 16.7. The Kier molecular flexibility index (Phi) is 3.77. The van der Waals surface area contributed by atoms with E-state index in [1.54, 1.807) is 0 Å². The van der Waals surface area contributed by atoms with Gasteiger partial charge in [0, 0.05) is 24.4 Å². The molecular formula is C18H28O3. The second kappa shape index (κ2) is 5.20. The smallest absolute Gasteiger partial charge is 0.158 e. The molecule has 0 aromatic carbocycles. The molecule has 1 aliphatic heterocycles. The van der Waals surface area contributed by atoms with E-state index in [4.69, 9.17) is 9.47 Å². The number of carbonyl (C=O) groups is 1. The van der Waals surface area contributed by atoms with Gasteiger partial charge in [-0.15, -0.1) is 0 Å². The third-order valence-electron chi connectivity index (χ3n) is 6.86. The fourth-order valence-electron chi connectivity index (χ4n) is 5.47. The molecule has 2 aliphatic carbocycles. The van der Waals surface area contributed by atoms with Gasteiger partial charge in [-0.2, -0.15) is 0 Å². The van der Waals surface area contributed by atoms with Gasteiger partial charge in [0.05, 0.1) is 6.10 Å². The molecule has 3 fully saturated rings. The molecule has 0 N–H and O–H groups in total. The molecule has 3 aliphatic rings. The number of carbonyl (C=O) groups excluding carboxylic acids is 1. The summed E-state index contributed by atoms with van der Waals surface area (Å²) in [6.45, 7) is 11.6. The lowest BCUT2D eigenvalue weighted by Gasteiger charge is -2.61. The monoisotopic (exact) mass is 292 g/mol. The molecule has 2 saturated carbocycles. The third-order valence-corrected chi connectivity index (χ3v) is 6.86. The summed E-state index contributed by atoms with van der Waals surface area (Å²) in [5, 5.41) is 0. The second-order valence-corrected chi connectivity index (χ2v) is 7.42. The van der Waals surface area contributed by atoms with Crippen molar-refractivity contribution in [3.8, 4) is 0 Å². The average molecular weight is 292 g/mol. The minimum absolute atomic E-state index is 0.0746. The van der Waals surface area contributed by atoms with Crippen molar-refractivity contribution in [1.82, 2.24) is 0 Å². The Morgan fingerprint density at radius 3 is 2.90 bits per heavy atom. The topological polar surface area (TPSA) is 35.5 Å². The summed E-state index contributed by atoms with van der Waals surface area (Å²) >= 11 is 0. The molecule has 3 nitrogen and oxygen atoms in total. The maximum absolute atomic E-state index is 11.9. The Bertz CT molecular complexity index is 446. The van der Waals surface area contributed by atoms with Crippen molar-refractivity contribution < 1.29 is 14.3 Å². The SMILES string of the molecule is C=C1CCC2(C)C(C)CCC3O[C@@H](OCC)CC32[C@@H]1C=O. The Labute approximate surface area is 128 Å². The van der Waals surface area contributed by atoms with Gasteiger partial charge in [-0.3, -0.25) is 0 Å². The Hall–Kier alpha value is -0.670. The van der Waals surface area contributed by atoms with Crippen LogP contribution in [-0.2, 0) is 14.3 Å². The molecule has 3 heteroatoms. The van der Waals surface area contributed by atoms with Crippen LogP contribution in [0.5, 0.6) is 0 Å². The second-order valence-electron chi connectivity index (χ2n) is 7.42. The molecule has 1 heterocycles. The first-order valence-electron chi connectivity index (χ1n) is 8.39. The first-order chi connectivity index (χ1) is 9.99. The minimum Gasteiger partial charge on any atom is -0.353 e. The van der Waals surface area contributed by atoms with E-state index < -0.39 is 0 Å². The van der Waals surface area contributed by atoms with Crippen molar-refractivity contribution in [2.24, 2.45) is 22.7 Å². The molecule has 21 heavy (non-hydrogen) atoms. The lowest BCUT2D eigenvalue weighted by atomic mass is 9.42. The van der Waals surface area contributed by atoms with Crippen LogP contribution in [0, 0.1) is 22.7 Å². The highest BCUT2D eigenvalue weighted by Gasteiger charge is 2.67. The van der Waals surface area contributed by atoms with Gasteiger partial charge in [-0.25, -0.2) is 0 Å². The Morgan fingerprint density at radius 1 is 1.48 bits per heavy atom. The lowest BCUT2D eigenvalue weighted by Crippen LogP contribution is -2.59. The number of hydrogen-bond acceptors (Lipinski definition) is 3. The van der Waals surface area contributed by atoms with E-state index in [1.165, 1.54) is 6.42 Å². The van der Waals surface area contributed by atoms with Gasteiger partial charge < -0.3 is 14.3 Å². The fraction of sp³-hybridized carbons (Fsp3) is 0.833. The number of ether oxygens (including phenoxy) is 2. The summed E-state index contributed by atoms with van der Waals surface area (Å²) in [4.78, 5) is 11.9. The quantitative estimate of drug-likeness (QED) is 0.587. The molecule has 0 amide bonds. The molecular weight excluding hydrogens is 264 g/mol. The van der Waals surface area contributed by atoms with Gasteiger partial charge in [-0.05, 0) is 43.9 Å². The van der Waals surface area contributed by atoms with Crippen molar-refractivity contribution in [2.45, 2.75) is 65.3 Å². The van der Waals surface area contributed by atoms with Crippen LogP contribution in [0.3, 0.4) is 0 Å². The summed E-state index contributed by atoms with van der Waals surface area (Å²) in [5.41, 5.74) is 1.14. The molecule has 0 radical (unpaired) electrons.